The van der Waals surface area contributed by atoms with E-state index in [4.69, 9.17) is 4.74 Å². The van der Waals surface area contributed by atoms with Gasteiger partial charge in [-0.05, 0) is 60.2 Å². The Morgan fingerprint density at radius 1 is 1.15 bits per heavy atom. The van der Waals surface area contributed by atoms with E-state index in [0.29, 0.717) is 21.7 Å². The van der Waals surface area contributed by atoms with Gasteiger partial charge < -0.3 is 4.74 Å². The number of rotatable bonds is 4. The fourth-order valence-corrected chi connectivity index (χ4v) is 3.86. The summed E-state index contributed by atoms with van der Waals surface area (Å²) in [6.45, 7) is 3.95. The average molecular weight is 380 g/mol. The average Bonchev–Trinajstić information content (AvgIpc) is 3.05. The van der Waals surface area contributed by atoms with Gasteiger partial charge in [0.05, 0.1) is 11.2 Å². The highest BCUT2D eigenvalue weighted by atomic mass is 32.1. The van der Waals surface area contributed by atoms with E-state index in [0.717, 1.165) is 17.5 Å². The molecule has 4 rings (SSSR count). The Morgan fingerprint density at radius 3 is 2.63 bits per heavy atom. The Morgan fingerprint density at radius 2 is 1.89 bits per heavy atom. The first-order chi connectivity index (χ1) is 13.1. The van der Waals surface area contributed by atoms with Crippen molar-refractivity contribution in [2.75, 3.05) is 0 Å². The molecule has 0 aliphatic carbocycles. The van der Waals surface area contributed by atoms with Crippen LogP contribution in [-0.4, -0.2) is 9.55 Å². The van der Waals surface area contributed by atoms with E-state index < -0.39 is 0 Å². The van der Waals surface area contributed by atoms with Gasteiger partial charge in [0.15, 0.2) is 0 Å². The van der Waals surface area contributed by atoms with Crippen LogP contribution >= 0.6 is 11.3 Å². The first kappa shape index (κ1) is 17.4. The van der Waals surface area contributed by atoms with Gasteiger partial charge in [-0.1, -0.05) is 25.1 Å². The summed E-state index contributed by atoms with van der Waals surface area (Å²) in [6.07, 6.45) is 0.788. The summed E-state index contributed by atoms with van der Waals surface area (Å²) in [5.74, 6) is 0.279. The van der Waals surface area contributed by atoms with Crippen LogP contribution in [-0.2, 0) is 6.42 Å². The highest BCUT2D eigenvalue weighted by Crippen LogP contribution is 2.29. The maximum Gasteiger partial charge on any atom is 0.310 e. The smallest absolute Gasteiger partial charge is 0.310 e. The molecule has 27 heavy (non-hydrogen) atoms. The number of thiophene rings is 1. The molecule has 2 heterocycles. The van der Waals surface area contributed by atoms with Crippen molar-refractivity contribution in [2.24, 2.45) is 0 Å². The fourth-order valence-electron chi connectivity index (χ4n) is 2.94. The van der Waals surface area contributed by atoms with Crippen molar-refractivity contribution in [1.82, 2.24) is 9.55 Å². The molecule has 4 aromatic rings. The van der Waals surface area contributed by atoms with Gasteiger partial charge in [0.2, 0.25) is 0 Å². The number of nitrogens with zero attached hydrogens (tertiary/aromatic N) is 2. The number of aromatic nitrogens is 2. The largest absolute Gasteiger partial charge is 0.425 e. The van der Waals surface area contributed by atoms with Gasteiger partial charge in [-0.15, -0.1) is 11.3 Å². The first-order valence-corrected chi connectivity index (χ1v) is 9.49. The number of halogens is 1. The van der Waals surface area contributed by atoms with E-state index in [2.05, 4.69) is 4.98 Å². The molecule has 6 heteroatoms. The number of fused-ring (bicyclic) bond motifs is 1. The summed E-state index contributed by atoms with van der Waals surface area (Å²) in [5, 5.41) is 1.90. The highest BCUT2D eigenvalue weighted by Gasteiger charge is 2.18. The van der Waals surface area contributed by atoms with E-state index in [1.165, 1.54) is 28.0 Å². The SMILES string of the molecule is CCc1ccccc1Oc1nc2c(C)csc2c(=O)n1-c1ccc(F)cc1. The lowest BCUT2D eigenvalue weighted by atomic mass is 10.1. The molecular formula is C21H17FN2O2S. The van der Waals surface area contributed by atoms with Crippen molar-refractivity contribution in [3.63, 3.8) is 0 Å². The predicted molar refractivity (Wildman–Crippen MR) is 106 cm³/mol. The summed E-state index contributed by atoms with van der Waals surface area (Å²) in [6, 6.07) is 13.5. The van der Waals surface area contributed by atoms with E-state index in [-0.39, 0.29) is 17.4 Å². The normalized spacial score (nSPS) is 11.1. The Labute approximate surface area is 159 Å². The van der Waals surface area contributed by atoms with Crippen molar-refractivity contribution in [3.05, 3.63) is 81.2 Å². The lowest BCUT2D eigenvalue weighted by molar-refractivity contribution is 0.423. The van der Waals surface area contributed by atoms with Crippen molar-refractivity contribution in [1.29, 1.82) is 0 Å². The van der Waals surface area contributed by atoms with Crippen LogP contribution in [0, 0.1) is 12.7 Å². The molecule has 2 aromatic carbocycles. The lowest BCUT2D eigenvalue weighted by Crippen LogP contribution is -2.20. The Bertz CT molecular complexity index is 1180. The number of hydrogen-bond acceptors (Lipinski definition) is 4. The molecule has 0 saturated heterocycles. The van der Waals surface area contributed by atoms with Crippen LogP contribution in [0.4, 0.5) is 4.39 Å². The molecule has 0 aliphatic rings. The second-order valence-electron chi connectivity index (χ2n) is 6.17. The zero-order chi connectivity index (χ0) is 19.0. The maximum atomic E-state index is 13.4. The number of ether oxygens (including phenoxy) is 1. The Balaban J connectivity index is 1.97. The zero-order valence-electron chi connectivity index (χ0n) is 14.9. The monoisotopic (exact) mass is 380 g/mol. The second kappa shape index (κ2) is 6.96. The Hall–Kier alpha value is -2.99. The van der Waals surface area contributed by atoms with Crippen LogP contribution in [0.1, 0.15) is 18.1 Å². The van der Waals surface area contributed by atoms with Crippen LogP contribution in [0.25, 0.3) is 15.9 Å². The zero-order valence-corrected chi connectivity index (χ0v) is 15.7. The standard InChI is InChI=1S/C21H17FN2O2S/c1-3-14-6-4-5-7-17(14)26-21-23-18-13(2)12-27-19(18)20(25)24(21)16-10-8-15(22)9-11-16/h4-12H,3H2,1-2H3. The van der Waals surface area contributed by atoms with Gasteiger partial charge in [-0.25, -0.2) is 8.96 Å². The summed E-state index contributed by atoms with van der Waals surface area (Å²) in [7, 11) is 0. The molecule has 0 spiro atoms. The lowest BCUT2D eigenvalue weighted by Gasteiger charge is -2.15. The van der Waals surface area contributed by atoms with Crippen LogP contribution in [0.3, 0.4) is 0 Å². The molecule has 0 radical (unpaired) electrons. The molecule has 0 amide bonds. The van der Waals surface area contributed by atoms with Crippen molar-refractivity contribution >= 4 is 21.6 Å². The molecule has 4 nitrogen and oxygen atoms in total. The molecule has 0 saturated carbocycles. The highest BCUT2D eigenvalue weighted by molar-refractivity contribution is 7.17. The van der Waals surface area contributed by atoms with E-state index in [9.17, 15) is 9.18 Å². The topological polar surface area (TPSA) is 44.1 Å². The van der Waals surface area contributed by atoms with Crippen molar-refractivity contribution < 1.29 is 9.13 Å². The predicted octanol–water partition coefficient (Wildman–Crippen LogP) is 5.25. The van der Waals surface area contributed by atoms with Gasteiger partial charge in [0, 0.05) is 0 Å². The first-order valence-electron chi connectivity index (χ1n) is 8.61. The summed E-state index contributed by atoms with van der Waals surface area (Å²) >= 11 is 1.35. The van der Waals surface area contributed by atoms with Crippen LogP contribution in [0.15, 0.2) is 58.7 Å². The van der Waals surface area contributed by atoms with Crippen molar-refractivity contribution in [3.8, 4) is 17.4 Å². The van der Waals surface area contributed by atoms with Crippen LogP contribution in [0.5, 0.6) is 11.8 Å². The summed E-state index contributed by atoms with van der Waals surface area (Å²) in [5.41, 5.74) is 2.85. The number of benzene rings is 2. The molecule has 0 bridgehead atoms. The van der Waals surface area contributed by atoms with E-state index >= 15 is 0 Å². The van der Waals surface area contributed by atoms with Crippen LogP contribution < -0.4 is 10.3 Å². The van der Waals surface area contributed by atoms with Gasteiger partial charge in [0.1, 0.15) is 16.3 Å². The van der Waals surface area contributed by atoms with Gasteiger partial charge >= 0.3 is 6.01 Å². The molecule has 0 unspecified atom stereocenters. The quantitative estimate of drug-likeness (QED) is 0.486. The van der Waals surface area contributed by atoms with E-state index in [1.54, 1.807) is 12.1 Å². The maximum absolute atomic E-state index is 13.4. The van der Waals surface area contributed by atoms with Crippen LogP contribution in [0.2, 0.25) is 0 Å². The van der Waals surface area contributed by atoms with Gasteiger partial charge in [0.25, 0.3) is 5.56 Å². The second-order valence-corrected chi connectivity index (χ2v) is 7.05. The molecular weight excluding hydrogens is 363 g/mol. The minimum absolute atomic E-state index is 0.168. The molecule has 0 N–H and O–H groups in total. The molecule has 136 valence electrons. The third kappa shape index (κ3) is 3.13. The molecule has 0 fully saturated rings. The molecule has 0 atom stereocenters. The minimum Gasteiger partial charge on any atom is -0.425 e. The molecule has 2 aromatic heterocycles. The van der Waals surface area contributed by atoms with Gasteiger partial charge in [-0.2, -0.15) is 4.98 Å². The number of aryl methyl sites for hydroxylation is 2. The summed E-state index contributed by atoms with van der Waals surface area (Å²) in [4.78, 5) is 17.8. The number of para-hydroxylation sites is 1. The Kier molecular flexibility index (Phi) is 4.49. The number of hydrogen-bond donors (Lipinski definition) is 0. The third-order valence-corrected chi connectivity index (χ3v) is 5.45. The fraction of sp³-hybridized carbons (Fsp3) is 0.143. The van der Waals surface area contributed by atoms with Crippen molar-refractivity contribution in [2.45, 2.75) is 20.3 Å². The molecule has 0 aliphatic heterocycles. The van der Waals surface area contributed by atoms with Gasteiger partial charge in [-0.3, -0.25) is 4.79 Å². The summed E-state index contributed by atoms with van der Waals surface area (Å²) < 4.78 is 21.4. The third-order valence-electron chi connectivity index (χ3n) is 4.38. The minimum atomic E-state index is -0.369. The van der Waals surface area contributed by atoms with E-state index in [1.807, 2.05) is 43.5 Å².